The third kappa shape index (κ3) is 7.01. The fraction of sp³-hybridized carbons (Fsp3) is 0.529. The second-order valence-corrected chi connectivity index (χ2v) is 6.90. The van der Waals surface area contributed by atoms with E-state index in [9.17, 15) is 4.79 Å². The second kappa shape index (κ2) is 11.5. The molecule has 1 aliphatic rings. The highest BCUT2D eigenvalue weighted by molar-refractivity contribution is 7.99. The molecule has 1 aromatic heterocycles. The van der Waals surface area contributed by atoms with Gasteiger partial charge in [-0.3, -0.25) is 4.79 Å². The molecule has 0 unspecified atom stereocenters. The topological polar surface area (TPSA) is 127 Å². The Morgan fingerprint density at radius 1 is 1.31 bits per heavy atom. The Morgan fingerprint density at radius 3 is 2.38 bits per heavy atom. The Hall–Kier alpha value is -2.13. The van der Waals surface area contributed by atoms with Gasteiger partial charge in [-0.15, -0.1) is 11.8 Å². The SMILES string of the molecule is CCN(CC)C(=O)c1cccnc1SC1CC[NH2+]CC1.O=C([O-])C(=O)O. The van der Waals surface area contributed by atoms with E-state index < -0.39 is 11.9 Å². The number of hydrogen-bond acceptors (Lipinski definition) is 6. The van der Waals surface area contributed by atoms with E-state index in [0.717, 1.165) is 23.7 Å². The van der Waals surface area contributed by atoms with Crippen molar-refractivity contribution in [3.05, 3.63) is 23.9 Å². The van der Waals surface area contributed by atoms with Crippen molar-refractivity contribution in [3.63, 3.8) is 0 Å². The van der Waals surface area contributed by atoms with Crippen LogP contribution in [0.1, 0.15) is 37.0 Å². The summed E-state index contributed by atoms with van der Waals surface area (Å²) in [6.45, 7) is 7.89. The fourth-order valence-corrected chi connectivity index (χ4v) is 3.73. The molecular weight excluding hydrogens is 358 g/mol. The van der Waals surface area contributed by atoms with Crippen molar-refractivity contribution in [2.24, 2.45) is 0 Å². The molecule has 1 aromatic rings. The van der Waals surface area contributed by atoms with Crippen LogP contribution in [-0.2, 0) is 9.59 Å². The number of nitrogens with two attached hydrogens (primary N) is 1. The molecular formula is C17H25N3O5S. The maximum absolute atomic E-state index is 12.5. The Kier molecular flexibility index (Phi) is 9.67. The number of carbonyl (C=O) groups excluding carboxylic acids is 2. The predicted molar refractivity (Wildman–Crippen MR) is 94.7 cm³/mol. The van der Waals surface area contributed by atoms with Crippen LogP contribution >= 0.6 is 11.8 Å². The number of carbonyl (C=O) groups is 3. The van der Waals surface area contributed by atoms with Crippen LogP contribution in [0.25, 0.3) is 0 Å². The molecule has 1 aliphatic heterocycles. The number of thioether (sulfide) groups is 1. The van der Waals surface area contributed by atoms with E-state index in [1.54, 1.807) is 18.0 Å². The first-order chi connectivity index (χ1) is 12.4. The molecule has 1 saturated heterocycles. The molecule has 0 bridgehead atoms. The molecule has 0 atom stereocenters. The molecule has 0 saturated carbocycles. The Morgan fingerprint density at radius 2 is 1.88 bits per heavy atom. The van der Waals surface area contributed by atoms with Gasteiger partial charge >= 0.3 is 5.97 Å². The van der Waals surface area contributed by atoms with Crippen molar-refractivity contribution in [1.82, 2.24) is 9.88 Å². The normalized spacial score (nSPS) is 14.1. The molecule has 0 spiro atoms. The molecule has 9 heteroatoms. The minimum Gasteiger partial charge on any atom is -0.539 e. The molecule has 2 heterocycles. The number of piperidine rings is 1. The fourth-order valence-electron chi connectivity index (χ4n) is 2.50. The number of nitrogens with zero attached hydrogens (tertiary/aromatic N) is 2. The predicted octanol–water partition coefficient (Wildman–Crippen LogP) is -0.798. The molecule has 1 amide bonds. The van der Waals surface area contributed by atoms with Gasteiger partial charge in [0.05, 0.1) is 18.7 Å². The van der Waals surface area contributed by atoms with E-state index >= 15 is 0 Å². The number of hydrogen-bond donors (Lipinski definition) is 2. The number of carboxylic acids is 2. The van der Waals surface area contributed by atoms with Gasteiger partial charge in [0.15, 0.2) is 5.97 Å². The van der Waals surface area contributed by atoms with Crippen molar-refractivity contribution >= 4 is 29.6 Å². The summed E-state index contributed by atoms with van der Waals surface area (Å²) in [5.74, 6) is -3.90. The summed E-state index contributed by atoms with van der Waals surface area (Å²) in [4.78, 5) is 36.9. The minimum atomic E-state index is -2.07. The maximum atomic E-state index is 12.5. The van der Waals surface area contributed by atoms with Crippen molar-refractivity contribution in [3.8, 4) is 0 Å². The van der Waals surface area contributed by atoms with Crippen LogP contribution in [-0.4, -0.2) is 64.3 Å². The number of amides is 1. The van der Waals surface area contributed by atoms with Gasteiger partial charge in [-0.2, -0.15) is 0 Å². The van der Waals surface area contributed by atoms with Crippen LogP contribution < -0.4 is 10.4 Å². The maximum Gasteiger partial charge on any atom is 0.351 e. The van der Waals surface area contributed by atoms with Crippen LogP contribution in [0.15, 0.2) is 23.4 Å². The van der Waals surface area contributed by atoms with Crippen LogP contribution in [0.3, 0.4) is 0 Å². The largest absolute Gasteiger partial charge is 0.539 e. The summed E-state index contributed by atoms with van der Waals surface area (Å²) < 4.78 is 0. The Bertz CT molecular complexity index is 604. The summed E-state index contributed by atoms with van der Waals surface area (Å²) in [7, 11) is 0. The third-order valence-corrected chi connectivity index (χ3v) is 5.24. The summed E-state index contributed by atoms with van der Waals surface area (Å²) in [5.41, 5.74) is 0.760. The quantitative estimate of drug-likeness (QED) is 0.637. The summed E-state index contributed by atoms with van der Waals surface area (Å²) in [5, 5.41) is 20.2. The van der Waals surface area contributed by atoms with Gasteiger partial charge < -0.3 is 25.2 Å². The molecule has 3 N–H and O–H groups in total. The second-order valence-electron chi connectivity index (χ2n) is 5.61. The lowest BCUT2D eigenvalue weighted by Gasteiger charge is -2.22. The van der Waals surface area contributed by atoms with E-state index in [0.29, 0.717) is 5.25 Å². The van der Waals surface area contributed by atoms with E-state index in [2.05, 4.69) is 10.3 Å². The lowest BCUT2D eigenvalue weighted by atomic mass is 10.2. The molecule has 0 aliphatic carbocycles. The van der Waals surface area contributed by atoms with Gasteiger partial charge in [0, 0.05) is 37.4 Å². The molecule has 1 fully saturated rings. The van der Waals surface area contributed by atoms with Crippen LogP contribution in [0.5, 0.6) is 0 Å². The van der Waals surface area contributed by atoms with Crippen LogP contribution in [0.2, 0.25) is 0 Å². The zero-order chi connectivity index (χ0) is 19.5. The molecule has 0 radical (unpaired) electrons. The summed E-state index contributed by atoms with van der Waals surface area (Å²) in [6.07, 6.45) is 4.18. The highest BCUT2D eigenvalue weighted by atomic mass is 32.2. The molecule has 8 nitrogen and oxygen atoms in total. The van der Waals surface area contributed by atoms with E-state index in [4.69, 9.17) is 19.8 Å². The Balaban J connectivity index is 0.000000487. The number of pyridine rings is 1. The van der Waals surface area contributed by atoms with Gasteiger partial charge in [0.2, 0.25) is 0 Å². The molecule has 2 rings (SSSR count). The van der Waals surface area contributed by atoms with Gasteiger partial charge in [-0.25, -0.2) is 9.78 Å². The van der Waals surface area contributed by atoms with E-state index in [1.165, 1.54) is 25.9 Å². The first kappa shape index (κ1) is 21.9. The zero-order valence-electron chi connectivity index (χ0n) is 15.0. The van der Waals surface area contributed by atoms with Gasteiger partial charge in [0.1, 0.15) is 5.03 Å². The van der Waals surface area contributed by atoms with Crippen LogP contribution in [0, 0.1) is 0 Å². The Labute approximate surface area is 157 Å². The highest BCUT2D eigenvalue weighted by Gasteiger charge is 2.22. The zero-order valence-corrected chi connectivity index (χ0v) is 15.8. The highest BCUT2D eigenvalue weighted by Crippen LogP contribution is 2.29. The number of quaternary nitrogens is 1. The van der Waals surface area contributed by atoms with Crippen molar-refractivity contribution in [1.29, 1.82) is 0 Å². The minimum absolute atomic E-state index is 0.105. The average molecular weight is 383 g/mol. The summed E-state index contributed by atoms with van der Waals surface area (Å²) in [6, 6.07) is 3.76. The van der Waals surface area contributed by atoms with Gasteiger partial charge in [-0.1, -0.05) is 0 Å². The standard InChI is InChI=1S/C15H23N3OS.C2H2O4/c1-3-18(4-2)15(19)13-6-5-9-17-14(13)20-12-7-10-16-11-8-12;3-1(4)2(5)6/h5-6,9,12,16H,3-4,7-8,10-11H2,1-2H3;(H,3,4)(H,5,6). The molecule has 26 heavy (non-hydrogen) atoms. The number of aliphatic carboxylic acids is 2. The van der Waals surface area contributed by atoms with E-state index in [1.807, 2.05) is 30.9 Å². The van der Waals surface area contributed by atoms with E-state index in [-0.39, 0.29) is 5.91 Å². The summed E-state index contributed by atoms with van der Waals surface area (Å²) >= 11 is 1.78. The smallest absolute Gasteiger partial charge is 0.351 e. The van der Waals surface area contributed by atoms with Crippen molar-refractivity contribution < 1.29 is 29.9 Å². The number of rotatable bonds is 5. The average Bonchev–Trinajstić information content (AvgIpc) is 2.64. The van der Waals surface area contributed by atoms with Crippen LogP contribution in [0.4, 0.5) is 0 Å². The van der Waals surface area contributed by atoms with Crippen molar-refractivity contribution in [2.75, 3.05) is 26.2 Å². The third-order valence-electron chi connectivity index (χ3n) is 3.89. The van der Waals surface area contributed by atoms with Gasteiger partial charge in [0.25, 0.3) is 5.91 Å². The monoisotopic (exact) mass is 383 g/mol. The lowest BCUT2D eigenvalue weighted by Crippen LogP contribution is -2.86. The number of aromatic nitrogens is 1. The molecule has 0 aromatic carbocycles. The molecule has 144 valence electrons. The lowest BCUT2D eigenvalue weighted by molar-refractivity contribution is -0.661. The first-order valence-corrected chi connectivity index (χ1v) is 9.45. The first-order valence-electron chi connectivity index (χ1n) is 8.57. The van der Waals surface area contributed by atoms with Gasteiger partial charge in [-0.05, 0) is 26.0 Å². The number of carboxylic acid groups (broad SMARTS) is 2. The van der Waals surface area contributed by atoms with Crippen molar-refractivity contribution in [2.45, 2.75) is 37.0 Å².